The molecule has 2 aliphatic rings. The van der Waals surface area contributed by atoms with Crippen LogP contribution in [0.1, 0.15) is 54.4 Å². The van der Waals surface area contributed by atoms with Crippen LogP contribution < -0.4 is 0 Å². The molecule has 5 unspecified atom stereocenters. The topological polar surface area (TPSA) is 163 Å². The van der Waals surface area contributed by atoms with E-state index >= 15 is 0 Å². The van der Waals surface area contributed by atoms with E-state index in [2.05, 4.69) is 0 Å². The molecule has 11 nitrogen and oxygen atoms in total. The molecule has 0 amide bonds. The molecule has 0 bridgehead atoms. The molecule has 0 aliphatic carbocycles. The van der Waals surface area contributed by atoms with Gasteiger partial charge in [-0.2, -0.15) is 0 Å². The summed E-state index contributed by atoms with van der Waals surface area (Å²) < 4.78 is 15.0. The third-order valence-electron chi connectivity index (χ3n) is 6.10. The SMILES string of the molecule is CC(=O)OC(C)C(O)(C(=O)OCC1=CC[N+]2([O-])CCC(OC(=O)CC(C)(C)O)C12)C(C)(C)O. The van der Waals surface area contributed by atoms with Gasteiger partial charge in [0.1, 0.15) is 18.3 Å². The van der Waals surface area contributed by atoms with Crippen LogP contribution in [0.15, 0.2) is 11.6 Å². The Morgan fingerprint density at radius 2 is 1.82 bits per heavy atom. The fraction of sp³-hybridized carbons (Fsp3) is 0.773. The zero-order valence-electron chi connectivity index (χ0n) is 20.0. The van der Waals surface area contributed by atoms with Crippen LogP contribution in [-0.2, 0) is 28.6 Å². The first-order chi connectivity index (χ1) is 14.9. The van der Waals surface area contributed by atoms with Gasteiger partial charge in [-0.05, 0) is 40.7 Å². The zero-order chi connectivity index (χ0) is 25.4. The molecular weight excluding hydrogens is 438 g/mol. The van der Waals surface area contributed by atoms with Crippen LogP contribution in [0.25, 0.3) is 0 Å². The lowest BCUT2D eigenvalue weighted by molar-refractivity contribution is -0.877. The standard InChI is InChI=1S/C22H35NO10/c1-13(32-14(2)24)22(29,21(5,6)28)19(26)31-12-15-7-9-23(30)10-8-16(18(15)23)33-17(25)11-20(3,4)27/h7,13,16,18,27-29H,8-12H2,1-6H3. The Bertz CT molecular complexity index is 811. The highest BCUT2D eigenvalue weighted by molar-refractivity contribution is 5.82. The van der Waals surface area contributed by atoms with Crippen LogP contribution in [0.3, 0.4) is 0 Å². The predicted octanol–water partition coefficient (Wildman–Crippen LogP) is 0.0829. The average molecular weight is 474 g/mol. The minimum absolute atomic E-state index is 0.108. The summed E-state index contributed by atoms with van der Waals surface area (Å²) in [5, 5.41) is 44.3. The highest BCUT2D eigenvalue weighted by atomic mass is 16.6. The van der Waals surface area contributed by atoms with Gasteiger partial charge in [-0.1, -0.05) is 0 Å². The number of hydrogen-bond acceptors (Lipinski definition) is 10. The smallest absolute Gasteiger partial charge is 0.345 e. The van der Waals surface area contributed by atoms with Crippen LogP contribution in [-0.4, -0.2) is 92.6 Å². The Morgan fingerprint density at radius 3 is 2.33 bits per heavy atom. The molecule has 0 aromatic rings. The van der Waals surface area contributed by atoms with E-state index in [-0.39, 0.29) is 26.1 Å². The van der Waals surface area contributed by atoms with Gasteiger partial charge < -0.3 is 39.4 Å². The van der Waals surface area contributed by atoms with Gasteiger partial charge in [0.05, 0.1) is 25.1 Å². The van der Waals surface area contributed by atoms with E-state index in [9.17, 15) is 34.9 Å². The number of carbonyl (C=O) groups excluding carboxylic acids is 3. The lowest BCUT2D eigenvalue weighted by Gasteiger charge is -2.41. The first-order valence-electron chi connectivity index (χ1n) is 10.9. The maximum atomic E-state index is 13.1. The lowest BCUT2D eigenvalue weighted by Crippen LogP contribution is -2.64. The van der Waals surface area contributed by atoms with E-state index in [0.29, 0.717) is 12.0 Å². The van der Waals surface area contributed by atoms with Crippen molar-refractivity contribution in [1.82, 2.24) is 0 Å². The molecule has 0 aromatic carbocycles. The van der Waals surface area contributed by atoms with E-state index in [0.717, 1.165) is 6.92 Å². The minimum atomic E-state index is -2.57. The molecule has 1 fully saturated rings. The number of hydroxylamine groups is 3. The summed E-state index contributed by atoms with van der Waals surface area (Å²) in [5.41, 5.74) is -5.43. The summed E-state index contributed by atoms with van der Waals surface area (Å²) in [6.07, 6.45) is -0.488. The van der Waals surface area contributed by atoms with E-state index in [4.69, 9.17) is 14.2 Å². The van der Waals surface area contributed by atoms with Gasteiger partial charge in [0.2, 0.25) is 5.60 Å². The van der Waals surface area contributed by atoms with Gasteiger partial charge in [0, 0.05) is 18.9 Å². The van der Waals surface area contributed by atoms with Crippen LogP contribution in [0.4, 0.5) is 0 Å². The molecule has 11 heteroatoms. The second-order valence-corrected chi connectivity index (χ2v) is 10.0. The first kappa shape index (κ1) is 27.2. The van der Waals surface area contributed by atoms with E-state index in [1.807, 2.05) is 0 Å². The van der Waals surface area contributed by atoms with Gasteiger partial charge in [-0.15, -0.1) is 0 Å². The molecule has 0 spiro atoms. The number of carbonyl (C=O) groups is 3. The summed E-state index contributed by atoms with van der Waals surface area (Å²) in [7, 11) is 0. The number of hydrogen-bond donors (Lipinski definition) is 3. The second kappa shape index (κ2) is 9.30. The van der Waals surface area contributed by atoms with Crippen molar-refractivity contribution in [3.63, 3.8) is 0 Å². The summed E-state index contributed by atoms with van der Waals surface area (Å²) in [4.78, 5) is 36.3. The Balaban J connectivity index is 2.13. The van der Waals surface area contributed by atoms with Gasteiger partial charge in [0.15, 0.2) is 12.1 Å². The molecule has 2 rings (SSSR count). The number of aliphatic hydroxyl groups is 3. The quantitative estimate of drug-likeness (QED) is 0.137. The predicted molar refractivity (Wildman–Crippen MR) is 114 cm³/mol. The third kappa shape index (κ3) is 5.90. The maximum Gasteiger partial charge on any atom is 0.345 e. The Kier molecular flexibility index (Phi) is 7.67. The lowest BCUT2D eigenvalue weighted by atomic mass is 9.81. The van der Waals surface area contributed by atoms with Crippen molar-refractivity contribution in [2.45, 2.75) is 89.4 Å². The van der Waals surface area contributed by atoms with Crippen molar-refractivity contribution in [3.05, 3.63) is 16.9 Å². The van der Waals surface area contributed by atoms with Gasteiger partial charge in [-0.25, -0.2) is 4.79 Å². The molecule has 1 saturated heterocycles. The van der Waals surface area contributed by atoms with Crippen molar-refractivity contribution in [2.75, 3.05) is 19.7 Å². The molecular formula is C22H35NO10. The molecule has 0 radical (unpaired) electrons. The summed E-state index contributed by atoms with van der Waals surface area (Å²) in [6.45, 7) is 7.58. The molecule has 0 aromatic heterocycles. The van der Waals surface area contributed by atoms with Gasteiger partial charge >= 0.3 is 17.9 Å². The van der Waals surface area contributed by atoms with E-state index < -0.39 is 57.6 Å². The van der Waals surface area contributed by atoms with E-state index in [1.54, 1.807) is 6.08 Å². The second-order valence-electron chi connectivity index (χ2n) is 10.0. The summed E-state index contributed by atoms with van der Waals surface area (Å²) in [5.74, 6) is -2.63. The Hall–Kier alpha value is -2.05. The fourth-order valence-electron chi connectivity index (χ4n) is 4.42. The molecule has 3 N–H and O–H groups in total. The van der Waals surface area contributed by atoms with Crippen molar-refractivity contribution in [1.29, 1.82) is 0 Å². The van der Waals surface area contributed by atoms with Crippen LogP contribution in [0.5, 0.6) is 0 Å². The van der Waals surface area contributed by atoms with Crippen molar-refractivity contribution in [3.8, 4) is 0 Å². The average Bonchev–Trinajstić information content (AvgIpc) is 3.11. The number of fused-ring (bicyclic) bond motifs is 1. The highest BCUT2D eigenvalue weighted by Gasteiger charge is 2.57. The fourth-order valence-corrected chi connectivity index (χ4v) is 4.42. The van der Waals surface area contributed by atoms with Gasteiger partial charge in [-0.3, -0.25) is 9.59 Å². The van der Waals surface area contributed by atoms with Crippen molar-refractivity contribution >= 4 is 17.9 Å². The largest absolute Gasteiger partial charge is 0.632 e. The van der Waals surface area contributed by atoms with Gasteiger partial charge in [0.25, 0.3) is 0 Å². The maximum absolute atomic E-state index is 13.1. The molecule has 188 valence electrons. The third-order valence-corrected chi connectivity index (χ3v) is 6.10. The van der Waals surface area contributed by atoms with Crippen molar-refractivity contribution in [2.24, 2.45) is 0 Å². The number of rotatable bonds is 9. The molecule has 0 saturated carbocycles. The first-order valence-corrected chi connectivity index (χ1v) is 10.9. The monoisotopic (exact) mass is 473 g/mol. The van der Waals surface area contributed by atoms with Crippen LogP contribution in [0.2, 0.25) is 0 Å². The number of nitrogens with zero attached hydrogens (tertiary/aromatic N) is 1. The van der Waals surface area contributed by atoms with E-state index in [1.165, 1.54) is 34.6 Å². The molecule has 33 heavy (non-hydrogen) atoms. The summed E-state index contributed by atoms with van der Waals surface area (Å²) >= 11 is 0. The molecule has 2 heterocycles. The highest BCUT2D eigenvalue weighted by Crippen LogP contribution is 2.38. The van der Waals surface area contributed by atoms with Crippen LogP contribution >= 0.6 is 0 Å². The Morgan fingerprint density at radius 1 is 1.21 bits per heavy atom. The number of ether oxygens (including phenoxy) is 3. The number of esters is 3. The van der Waals surface area contributed by atoms with Crippen molar-refractivity contribution < 1.29 is 48.6 Å². The Labute approximate surface area is 193 Å². The molecule has 2 aliphatic heterocycles. The van der Waals surface area contributed by atoms with Crippen LogP contribution in [0, 0.1) is 5.21 Å². The minimum Gasteiger partial charge on any atom is -0.632 e. The zero-order valence-corrected chi connectivity index (χ0v) is 20.0. The number of quaternary nitrogens is 1. The normalized spacial score (nSPS) is 27.8. The summed E-state index contributed by atoms with van der Waals surface area (Å²) in [6, 6.07) is -0.787. The molecule has 5 atom stereocenters.